The Hall–Kier alpha value is -3.82. The number of anilines is 1. The number of piperidine rings is 1. The van der Waals surface area contributed by atoms with Crippen LogP contribution in [0.3, 0.4) is 0 Å². The van der Waals surface area contributed by atoms with E-state index in [1.165, 1.54) is 0 Å². The van der Waals surface area contributed by atoms with E-state index in [1.807, 2.05) is 25.1 Å². The van der Waals surface area contributed by atoms with Gasteiger partial charge in [-0.05, 0) is 38.0 Å². The van der Waals surface area contributed by atoms with Crippen molar-refractivity contribution >= 4 is 17.7 Å². The fraction of sp³-hybridized carbons (Fsp3) is 0.417. The highest BCUT2D eigenvalue weighted by Crippen LogP contribution is 2.30. The van der Waals surface area contributed by atoms with Crippen LogP contribution in [0.15, 0.2) is 36.8 Å². The van der Waals surface area contributed by atoms with E-state index in [4.69, 9.17) is 4.74 Å². The van der Waals surface area contributed by atoms with Crippen molar-refractivity contribution in [3.05, 3.63) is 53.7 Å². The van der Waals surface area contributed by atoms with Gasteiger partial charge >= 0.3 is 5.97 Å². The van der Waals surface area contributed by atoms with E-state index in [0.717, 1.165) is 43.0 Å². The summed E-state index contributed by atoms with van der Waals surface area (Å²) < 4.78 is 5.19. The van der Waals surface area contributed by atoms with Gasteiger partial charge in [0.15, 0.2) is 0 Å². The molecule has 0 saturated carbocycles. The van der Waals surface area contributed by atoms with Gasteiger partial charge in [-0.25, -0.2) is 9.97 Å². The first-order valence-electron chi connectivity index (χ1n) is 11.6. The lowest BCUT2D eigenvalue weighted by molar-refractivity contribution is -0.148. The van der Waals surface area contributed by atoms with Crippen LogP contribution in [0.1, 0.15) is 41.5 Å². The van der Waals surface area contributed by atoms with Crippen molar-refractivity contribution < 1.29 is 14.3 Å². The Morgan fingerprint density at radius 3 is 2.74 bits per heavy atom. The number of aromatic amines is 1. The van der Waals surface area contributed by atoms with E-state index in [-0.39, 0.29) is 17.8 Å². The van der Waals surface area contributed by atoms with Gasteiger partial charge in [-0.1, -0.05) is 6.07 Å². The molecule has 1 amide bonds. The minimum absolute atomic E-state index is 0.0689. The zero-order chi connectivity index (χ0) is 23.5. The SMILES string of the molecule is CCOC(=O)C1CCN(c2ncnc3c2CN(C(=O)c2cc(-c4ccccn4)n[nH]2)CC3)CC1. The molecule has 176 valence electrons. The van der Waals surface area contributed by atoms with Crippen LogP contribution >= 0.6 is 0 Å². The monoisotopic (exact) mass is 461 g/mol. The number of aromatic nitrogens is 5. The Kier molecular flexibility index (Phi) is 6.20. The molecule has 1 N–H and O–H groups in total. The van der Waals surface area contributed by atoms with Crippen molar-refractivity contribution in [1.29, 1.82) is 0 Å². The largest absolute Gasteiger partial charge is 0.466 e. The van der Waals surface area contributed by atoms with Crippen LogP contribution in [0.4, 0.5) is 5.82 Å². The van der Waals surface area contributed by atoms with Crippen LogP contribution in [-0.4, -0.2) is 68.2 Å². The van der Waals surface area contributed by atoms with Crippen LogP contribution in [-0.2, 0) is 22.5 Å². The predicted octanol–water partition coefficient (Wildman–Crippen LogP) is 2.24. The van der Waals surface area contributed by atoms with E-state index in [9.17, 15) is 9.59 Å². The second-order valence-corrected chi connectivity index (χ2v) is 8.49. The molecule has 3 aromatic heterocycles. The van der Waals surface area contributed by atoms with Crippen molar-refractivity contribution in [2.45, 2.75) is 32.7 Å². The number of pyridine rings is 1. The van der Waals surface area contributed by atoms with Gasteiger partial charge in [-0.3, -0.25) is 19.7 Å². The molecule has 3 aromatic rings. The summed E-state index contributed by atoms with van der Waals surface area (Å²) in [5, 5.41) is 7.13. The maximum Gasteiger partial charge on any atom is 0.309 e. The summed E-state index contributed by atoms with van der Waals surface area (Å²) in [7, 11) is 0. The van der Waals surface area contributed by atoms with E-state index < -0.39 is 0 Å². The van der Waals surface area contributed by atoms with Crippen molar-refractivity contribution in [3.8, 4) is 11.4 Å². The molecule has 0 aromatic carbocycles. The van der Waals surface area contributed by atoms with Crippen molar-refractivity contribution in [2.75, 3.05) is 31.1 Å². The molecule has 0 atom stereocenters. The third-order valence-corrected chi connectivity index (χ3v) is 6.42. The molecule has 2 aliphatic heterocycles. The van der Waals surface area contributed by atoms with Crippen LogP contribution in [0, 0.1) is 5.92 Å². The van der Waals surface area contributed by atoms with Gasteiger partial charge in [-0.15, -0.1) is 0 Å². The minimum Gasteiger partial charge on any atom is -0.466 e. The Labute approximate surface area is 197 Å². The number of fused-ring (bicyclic) bond motifs is 1. The molecule has 0 aliphatic carbocycles. The van der Waals surface area contributed by atoms with E-state index in [1.54, 1.807) is 23.5 Å². The van der Waals surface area contributed by atoms with E-state index in [0.29, 0.717) is 43.2 Å². The standard InChI is InChI=1S/C24H27N7O3/c1-2-34-24(33)16-6-10-30(11-7-16)22-17-14-31(12-8-18(17)26-15-27-22)23(32)21-13-20(28-29-21)19-5-3-4-9-25-19/h3-5,9,13,15-16H,2,6-8,10-12,14H2,1H3,(H,28,29). The molecule has 5 rings (SSSR count). The van der Waals surface area contributed by atoms with Gasteiger partial charge in [0, 0.05) is 37.8 Å². The number of ether oxygens (including phenoxy) is 1. The molecule has 0 spiro atoms. The number of H-pyrrole nitrogens is 1. The fourth-order valence-corrected chi connectivity index (χ4v) is 4.61. The Morgan fingerprint density at radius 1 is 1.12 bits per heavy atom. The highest BCUT2D eigenvalue weighted by molar-refractivity contribution is 5.93. The van der Waals surface area contributed by atoms with Crippen LogP contribution in [0.2, 0.25) is 0 Å². The number of amides is 1. The third-order valence-electron chi connectivity index (χ3n) is 6.42. The molecule has 10 heteroatoms. The summed E-state index contributed by atoms with van der Waals surface area (Å²) in [4.78, 5) is 42.7. The average Bonchev–Trinajstić information content (AvgIpc) is 3.39. The van der Waals surface area contributed by atoms with Gasteiger partial charge < -0.3 is 14.5 Å². The van der Waals surface area contributed by atoms with Crippen molar-refractivity contribution in [3.63, 3.8) is 0 Å². The summed E-state index contributed by atoms with van der Waals surface area (Å²) in [5.41, 5.74) is 3.72. The van der Waals surface area contributed by atoms with Crippen molar-refractivity contribution in [1.82, 2.24) is 30.0 Å². The normalized spacial score (nSPS) is 16.3. The summed E-state index contributed by atoms with van der Waals surface area (Å²) >= 11 is 0. The Bertz CT molecular complexity index is 1170. The number of nitrogens with one attached hydrogen (secondary N) is 1. The first kappa shape index (κ1) is 22.0. The second kappa shape index (κ2) is 9.58. The quantitative estimate of drug-likeness (QED) is 0.575. The predicted molar refractivity (Wildman–Crippen MR) is 124 cm³/mol. The summed E-state index contributed by atoms with van der Waals surface area (Å²) in [6, 6.07) is 7.32. The molecule has 0 bridgehead atoms. The Morgan fingerprint density at radius 2 is 1.97 bits per heavy atom. The lowest BCUT2D eigenvalue weighted by Gasteiger charge is -2.35. The zero-order valence-electron chi connectivity index (χ0n) is 19.1. The first-order valence-corrected chi connectivity index (χ1v) is 11.6. The van der Waals surface area contributed by atoms with Gasteiger partial charge in [0.2, 0.25) is 0 Å². The number of hydrogen-bond donors (Lipinski definition) is 1. The van der Waals surface area contributed by atoms with E-state index in [2.05, 4.69) is 30.0 Å². The molecule has 1 fully saturated rings. The van der Waals surface area contributed by atoms with Crippen LogP contribution < -0.4 is 4.90 Å². The van der Waals surface area contributed by atoms with Gasteiger partial charge in [0.25, 0.3) is 5.91 Å². The lowest BCUT2D eigenvalue weighted by atomic mass is 9.96. The number of esters is 1. The molecular weight excluding hydrogens is 434 g/mol. The molecule has 1 saturated heterocycles. The van der Waals surface area contributed by atoms with Gasteiger partial charge in [0.1, 0.15) is 23.5 Å². The van der Waals surface area contributed by atoms with Gasteiger partial charge in [0.05, 0.1) is 30.5 Å². The van der Waals surface area contributed by atoms with Crippen LogP contribution in [0.25, 0.3) is 11.4 Å². The highest BCUT2D eigenvalue weighted by atomic mass is 16.5. The Balaban J connectivity index is 1.30. The molecule has 0 radical (unpaired) electrons. The fourth-order valence-electron chi connectivity index (χ4n) is 4.61. The van der Waals surface area contributed by atoms with Gasteiger partial charge in [-0.2, -0.15) is 5.10 Å². The summed E-state index contributed by atoms with van der Waals surface area (Å²) in [6.07, 6.45) is 5.41. The lowest BCUT2D eigenvalue weighted by Crippen LogP contribution is -2.41. The zero-order valence-corrected chi connectivity index (χ0v) is 19.1. The van der Waals surface area contributed by atoms with Crippen molar-refractivity contribution in [2.24, 2.45) is 5.92 Å². The number of carbonyl (C=O) groups is 2. The maximum absolute atomic E-state index is 13.2. The summed E-state index contributed by atoms with van der Waals surface area (Å²) in [6.45, 7) is 4.67. The number of nitrogens with zero attached hydrogens (tertiary/aromatic N) is 6. The first-order chi connectivity index (χ1) is 16.6. The summed E-state index contributed by atoms with van der Waals surface area (Å²) in [5.74, 6) is 0.550. The molecule has 10 nitrogen and oxygen atoms in total. The smallest absolute Gasteiger partial charge is 0.309 e. The second-order valence-electron chi connectivity index (χ2n) is 8.49. The molecule has 5 heterocycles. The minimum atomic E-state index is -0.117. The number of carbonyl (C=O) groups excluding carboxylic acids is 2. The number of rotatable bonds is 5. The van der Waals surface area contributed by atoms with Crippen LogP contribution in [0.5, 0.6) is 0 Å². The maximum atomic E-state index is 13.2. The highest BCUT2D eigenvalue weighted by Gasteiger charge is 2.31. The molecule has 2 aliphatic rings. The average molecular weight is 462 g/mol. The molecule has 0 unspecified atom stereocenters. The van der Waals surface area contributed by atoms with E-state index >= 15 is 0 Å². The third kappa shape index (κ3) is 4.35. The number of hydrogen-bond acceptors (Lipinski definition) is 8. The topological polar surface area (TPSA) is 117 Å². The molecule has 34 heavy (non-hydrogen) atoms. The molecular formula is C24H27N7O3.